The van der Waals surface area contributed by atoms with Crippen molar-refractivity contribution in [2.75, 3.05) is 13.2 Å². The van der Waals surface area contributed by atoms with E-state index in [0.29, 0.717) is 22.7 Å². The monoisotopic (exact) mass is 442 g/mol. The molecule has 5 rings (SSSR count). The quantitative estimate of drug-likeness (QED) is 0.345. The molecular formula is C26H22N2O3S. The Morgan fingerprint density at radius 1 is 0.969 bits per heavy atom. The lowest BCUT2D eigenvalue weighted by atomic mass is 10.1. The van der Waals surface area contributed by atoms with Gasteiger partial charge >= 0.3 is 0 Å². The van der Waals surface area contributed by atoms with Crippen molar-refractivity contribution in [3.63, 3.8) is 0 Å². The first-order valence-electron chi connectivity index (χ1n) is 10.5. The van der Waals surface area contributed by atoms with Crippen molar-refractivity contribution < 1.29 is 9.47 Å². The van der Waals surface area contributed by atoms with Crippen LogP contribution in [0.25, 0.3) is 22.1 Å². The molecule has 0 bridgehead atoms. The van der Waals surface area contributed by atoms with E-state index in [4.69, 9.17) is 9.47 Å². The van der Waals surface area contributed by atoms with Gasteiger partial charge in [-0.2, -0.15) is 0 Å². The van der Waals surface area contributed by atoms with Crippen LogP contribution in [0.2, 0.25) is 0 Å². The Hall–Kier alpha value is -3.64. The van der Waals surface area contributed by atoms with Gasteiger partial charge in [0.15, 0.2) is 4.96 Å². The molecule has 2 heterocycles. The van der Waals surface area contributed by atoms with Crippen molar-refractivity contribution in [1.29, 1.82) is 0 Å². The number of benzene rings is 3. The Morgan fingerprint density at radius 3 is 2.62 bits per heavy atom. The summed E-state index contributed by atoms with van der Waals surface area (Å²) >= 11 is 1.40. The number of para-hydroxylation sites is 3. The van der Waals surface area contributed by atoms with Crippen molar-refractivity contribution >= 4 is 33.4 Å². The minimum atomic E-state index is -0.0533. The van der Waals surface area contributed by atoms with E-state index in [9.17, 15) is 4.79 Å². The maximum Gasteiger partial charge on any atom is 0.274 e. The summed E-state index contributed by atoms with van der Waals surface area (Å²) < 4.78 is 14.1. The third kappa shape index (κ3) is 4.09. The van der Waals surface area contributed by atoms with Gasteiger partial charge in [0.2, 0.25) is 0 Å². The summed E-state index contributed by atoms with van der Waals surface area (Å²) in [6, 6.07) is 23.5. The highest BCUT2D eigenvalue weighted by Gasteiger charge is 2.11. The van der Waals surface area contributed by atoms with Crippen LogP contribution >= 0.6 is 11.3 Å². The molecule has 0 saturated heterocycles. The van der Waals surface area contributed by atoms with Gasteiger partial charge < -0.3 is 9.47 Å². The summed E-state index contributed by atoms with van der Waals surface area (Å²) in [5, 5.41) is 0. The minimum absolute atomic E-state index is 0.0533. The molecule has 5 nitrogen and oxygen atoms in total. The summed E-state index contributed by atoms with van der Waals surface area (Å²) in [5.74, 6) is 1.61. The van der Waals surface area contributed by atoms with Crippen LogP contribution in [0, 0.1) is 6.92 Å². The molecule has 0 spiro atoms. The topological polar surface area (TPSA) is 52.8 Å². The normalized spacial score (nSPS) is 12.0. The molecule has 0 aliphatic carbocycles. The predicted molar refractivity (Wildman–Crippen MR) is 129 cm³/mol. The van der Waals surface area contributed by atoms with Gasteiger partial charge in [0.25, 0.3) is 5.56 Å². The maximum atomic E-state index is 13.1. The third-order valence-electron chi connectivity index (χ3n) is 5.16. The predicted octanol–water partition coefficient (Wildman–Crippen LogP) is 4.61. The molecule has 0 radical (unpaired) electrons. The number of hydrogen-bond donors (Lipinski definition) is 0. The standard InChI is InChI=1S/C26H22N2O3S/c1-18-12-13-23(31-15-7-14-30-20-8-3-2-4-9-20)19(16-18)17-24-25(29)28-22-11-6-5-10-21(22)27-26(28)32-24/h2-6,8-13,16-17H,7,14-15H2,1H3/b24-17-. The van der Waals surface area contributed by atoms with Gasteiger partial charge in [-0.3, -0.25) is 4.79 Å². The number of hydrogen-bond acceptors (Lipinski definition) is 5. The molecule has 3 aromatic carbocycles. The number of imidazole rings is 1. The van der Waals surface area contributed by atoms with E-state index >= 15 is 0 Å². The summed E-state index contributed by atoms with van der Waals surface area (Å²) in [6.45, 7) is 3.13. The molecular weight excluding hydrogens is 420 g/mol. The van der Waals surface area contributed by atoms with Crippen LogP contribution in [0.5, 0.6) is 11.5 Å². The van der Waals surface area contributed by atoms with Crippen molar-refractivity contribution in [3.05, 3.63) is 98.8 Å². The number of aromatic nitrogens is 2. The number of thiazole rings is 1. The van der Waals surface area contributed by atoms with Crippen LogP contribution in [-0.4, -0.2) is 22.6 Å². The molecule has 0 amide bonds. The van der Waals surface area contributed by atoms with Crippen molar-refractivity contribution in [1.82, 2.24) is 9.38 Å². The van der Waals surface area contributed by atoms with Gasteiger partial charge in [0.05, 0.1) is 28.8 Å². The van der Waals surface area contributed by atoms with Crippen LogP contribution in [0.3, 0.4) is 0 Å². The molecule has 0 unspecified atom stereocenters. The average molecular weight is 443 g/mol. The van der Waals surface area contributed by atoms with Crippen LogP contribution < -0.4 is 19.6 Å². The van der Waals surface area contributed by atoms with E-state index in [-0.39, 0.29) is 5.56 Å². The summed E-state index contributed by atoms with van der Waals surface area (Å²) in [4.78, 5) is 18.4. The summed E-state index contributed by atoms with van der Waals surface area (Å²) in [5.41, 5.74) is 3.61. The first-order chi connectivity index (χ1) is 15.7. The van der Waals surface area contributed by atoms with Gasteiger partial charge in [-0.05, 0) is 49.4 Å². The maximum absolute atomic E-state index is 13.1. The van der Waals surface area contributed by atoms with Crippen LogP contribution in [0.15, 0.2) is 77.6 Å². The number of fused-ring (bicyclic) bond motifs is 3. The zero-order valence-corrected chi connectivity index (χ0v) is 18.5. The molecule has 0 fully saturated rings. The summed E-state index contributed by atoms with van der Waals surface area (Å²) in [6.07, 6.45) is 2.66. The Kier molecular flexibility index (Phi) is 5.60. The molecule has 0 aliphatic heterocycles. The fourth-order valence-electron chi connectivity index (χ4n) is 3.61. The molecule has 0 N–H and O–H groups in total. The molecule has 0 atom stereocenters. The molecule has 5 aromatic rings. The molecule has 32 heavy (non-hydrogen) atoms. The zero-order chi connectivity index (χ0) is 21.9. The van der Waals surface area contributed by atoms with Gasteiger partial charge in [-0.25, -0.2) is 9.38 Å². The first kappa shape index (κ1) is 20.3. The Bertz CT molecular complexity index is 1490. The largest absolute Gasteiger partial charge is 0.493 e. The average Bonchev–Trinajstić information content (AvgIpc) is 3.31. The highest BCUT2D eigenvalue weighted by atomic mass is 32.1. The van der Waals surface area contributed by atoms with Crippen LogP contribution in [0.1, 0.15) is 17.5 Å². The Morgan fingerprint density at radius 2 is 1.75 bits per heavy atom. The lowest BCUT2D eigenvalue weighted by molar-refractivity contribution is 0.247. The van der Waals surface area contributed by atoms with Crippen molar-refractivity contribution in [3.8, 4) is 11.5 Å². The highest BCUT2D eigenvalue weighted by molar-refractivity contribution is 7.15. The van der Waals surface area contributed by atoms with E-state index in [2.05, 4.69) is 4.98 Å². The van der Waals surface area contributed by atoms with Gasteiger partial charge in [0.1, 0.15) is 11.5 Å². The Balaban J connectivity index is 1.37. The second-order valence-electron chi connectivity index (χ2n) is 7.54. The Labute approximate surface area is 189 Å². The fourth-order valence-corrected chi connectivity index (χ4v) is 4.59. The van der Waals surface area contributed by atoms with E-state index < -0.39 is 0 Å². The second-order valence-corrected chi connectivity index (χ2v) is 8.55. The second kappa shape index (κ2) is 8.85. The van der Waals surface area contributed by atoms with Crippen LogP contribution in [-0.2, 0) is 0 Å². The van der Waals surface area contributed by atoms with Gasteiger partial charge in [-0.15, -0.1) is 0 Å². The zero-order valence-electron chi connectivity index (χ0n) is 17.7. The van der Waals surface area contributed by atoms with Gasteiger partial charge in [-0.1, -0.05) is 53.3 Å². The van der Waals surface area contributed by atoms with Crippen molar-refractivity contribution in [2.24, 2.45) is 0 Å². The molecule has 0 aliphatic rings. The van der Waals surface area contributed by atoms with E-state index in [1.807, 2.05) is 85.8 Å². The van der Waals surface area contributed by atoms with E-state index in [0.717, 1.165) is 40.1 Å². The number of nitrogens with zero attached hydrogens (tertiary/aromatic N) is 2. The lowest BCUT2D eigenvalue weighted by Gasteiger charge is -2.11. The molecule has 160 valence electrons. The molecule has 6 heteroatoms. The fraction of sp³-hybridized carbons (Fsp3) is 0.154. The van der Waals surface area contributed by atoms with E-state index in [1.165, 1.54) is 11.3 Å². The van der Waals surface area contributed by atoms with Crippen LogP contribution in [0.4, 0.5) is 0 Å². The van der Waals surface area contributed by atoms with Crippen molar-refractivity contribution in [2.45, 2.75) is 13.3 Å². The van der Waals surface area contributed by atoms with E-state index in [1.54, 1.807) is 4.40 Å². The van der Waals surface area contributed by atoms with Gasteiger partial charge in [0, 0.05) is 12.0 Å². The third-order valence-corrected chi connectivity index (χ3v) is 6.12. The molecule has 2 aromatic heterocycles. The number of ether oxygens (including phenoxy) is 2. The number of aryl methyl sites for hydroxylation is 1. The lowest BCUT2D eigenvalue weighted by Crippen LogP contribution is -2.22. The first-order valence-corrected chi connectivity index (χ1v) is 11.3. The minimum Gasteiger partial charge on any atom is -0.493 e. The summed E-state index contributed by atoms with van der Waals surface area (Å²) in [7, 11) is 0. The smallest absolute Gasteiger partial charge is 0.274 e. The molecule has 0 saturated carbocycles. The SMILES string of the molecule is Cc1ccc(OCCCOc2ccccc2)c(/C=c2\sc3nc4ccccc4n3c2=O)c1. The number of rotatable bonds is 7. The highest BCUT2D eigenvalue weighted by Crippen LogP contribution is 2.22.